The minimum absolute atomic E-state index is 0.204. The predicted molar refractivity (Wildman–Crippen MR) is 99.0 cm³/mol. The summed E-state index contributed by atoms with van der Waals surface area (Å²) in [7, 11) is -1.99. The summed E-state index contributed by atoms with van der Waals surface area (Å²) in [6.07, 6.45) is 3.16. The van der Waals surface area contributed by atoms with Crippen LogP contribution in [0.2, 0.25) is 0 Å². The van der Waals surface area contributed by atoms with Gasteiger partial charge in [-0.05, 0) is 31.5 Å². The summed E-state index contributed by atoms with van der Waals surface area (Å²) in [5, 5.41) is 8.38. The van der Waals surface area contributed by atoms with E-state index in [2.05, 4.69) is 30.8 Å². The van der Waals surface area contributed by atoms with Crippen molar-refractivity contribution in [1.29, 1.82) is 0 Å². The second-order valence-electron chi connectivity index (χ2n) is 5.78. The van der Waals surface area contributed by atoms with E-state index < -0.39 is 10.0 Å². The van der Waals surface area contributed by atoms with Crippen molar-refractivity contribution in [3.63, 3.8) is 0 Å². The number of nitrogens with one attached hydrogen (secondary N) is 1. The van der Waals surface area contributed by atoms with Gasteiger partial charge in [-0.25, -0.2) is 8.42 Å². The summed E-state index contributed by atoms with van der Waals surface area (Å²) < 4.78 is 32.1. The maximum atomic E-state index is 12.7. The highest BCUT2D eigenvalue weighted by Gasteiger charge is 2.24. The molecule has 9 heteroatoms. The van der Waals surface area contributed by atoms with E-state index >= 15 is 0 Å². The molecule has 0 aliphatic rings. The van der Waals surface area contributed by atoms with Gasteiger partial charge in [0.15, 0.2) is 0 Å². The lowest BCUT2D eigenvalue weighted by atomic mass is 10.2. The van der Waals surface area contributed by atoms with E-state index in [-0.39, 0.29) is 4.90 Å². The summed E-state index contributed by atoms with van der Waals surface area (Å²) in [5.74, 6) is 0. The van der Waals surface area contributed by atoms with Crippen LogP contribution in [-0.2, 0) is 23.6 Å². The average molecular weight is 424 g/mol. The molecule has 1 aromatic carbocycles. The first-order valence-corrected chi connectivity index (χ1v) is 9.84. The fraction of sp³-hybridized carbons (Fsp3) is 0.250. The highest BCUT2D eigenvalue weighted by atomic mass is 79.9. The van der Waals surface area contributed by atoms with Crippen molar-refractivity contribution in [2.75, 3.05) is 4.72 Å². The number of hydrogen-bond acceptors (Lipinski definition) is 4. The SMILES string of the molecule is Cc1nn(C)c(C)c1S(=O)(=O)Nc1cnn(Cc2ccc(Br)cc2)c1. The van der Waals surface area contributed by atoms with Crippen LogP contribution in [0, 0.1) is 13.8 Å². The molecule has 2 heterocycles. The Hall–Kier alpha value is -2.13. The Kier molecular flexibility index (Phi) is 4.70. The lowest BCUT2D eigenvalue weighted by molar-refractivity contribution is 0.599. The number of rotatable bonds is 5. The van der Waals surface area contributed by atoms with Gasteiger partial charge in [-0.15, -0.1) is 0 Å². The normalized spacial score (nSPS) is 11.7. The van der Waals surface area contributed by atoms with Gasteiger partial charge in [-0.3, -0.25) is 14.1 Å². The van der Waals surface area contributed by atoms with Crippen molar-refractivity contribution < 1.29 is 8.42 Å². The van der Waals surface area contributed by atoms with Gasteiger partial charge in [-0.1, -0.05) is 28.1 Å². The first-order chi connectivity index (χ1) is 11.8. The third kappa shape index (κ3) is 3.77. The van der Waals surface area contributed by atoms with Crippen LogP contribution in [0.4, 0.5) is 5.69 Å². The monoisotopic (exact) mass is 423 g/mol. The minimum atomic E-state index is -3.71. The van der Waals surface area contributed by atoms with Gasteiger partial charge in [0.2, 0.25) is 0 Å². The van der Waals surface area contributed by atoms with Crippen LogP contribution in [0.3, 0.4) is 0 Å². The highest BCUT2D eigenvalue weighted by Crippen LogP contribution is 2.22. The Morgan fingerprint density at radius 2 is 1.88 bits per heavy atom. The Bertz CT molecular complexity index is 1010. The number of hydrogen-bond donors (Lipinski definition) is 1. The molecule has 0 atom stereocenters. The average Bonchev–Trinajstić information content (AvgIpc) is 3.05. The number of anilines is 1. The van der Waals surface area contributed by atoms with E-state index in [1.54, 1.807) is 36.5 Å². The van der Waals surface area contributed by atoms with Gasteiger partial charge < -0.3 is 0 Å². The van der Waals surface area contributed by atoms with E-state index in [4.69, 9.17) is 0 Å². The molecule has 0 bridgehead atoms. The highest BCUT2D eigenvalue weighted by molar-refractivity contribution is 9.10. The summed E-state index contributed by atoms with van der Waals surface area (Å²) >= 11 is 3.40. The number of halogens is 1. The van der Waals surface area contributed by atoms with Crippen LogP contribution >= 0.6 is 15.9 Å². The lowest BCUT2D eigenvalue weighted by Crippen LogP contribution is -2.14. The van der Waals surface area contributed by atoms with Gasteiger partial charge in [0.25, 0.3) is 10.0 Å². The maximum absolute atomic E-state index is 12.7. The van der Waals surface area contributed by atoms with E-state index in [9.17, 15) is 8.42 Å². The predicted octanol–water partition coefficient (Wildman–Crippen LogP) is 2.85. The standard InChI is InChI=1S/C16H18BrN5O2S/c1-11-16(12(2)21(3)19-11)25(23,24)20-15-8-18-22(10-15)9-13-4-6-14(17)7-5-13/h4-8,10,20H,9H2,1-3H3. The largest absolute Gasteiger partial charge is 0.276 e. The fourth-order valence-electron chi connectivity index (χ4n) is 2.63. The molecule has 0 aliphatic carbocycles. The second kappa shape index (κ2) is 6.64. The lowest BCUT2D eigenvalue weighted by Gasteiger charge is -2.06. The molecule has 7 nitrogen and oxygen atoms in total. The molecule has 1 N–H and O–H groups in total. The molecule has 0 saturated carbocycles. The summed E-state index contributed by atoms with van der Waals surface area (Å²) in [5.41, 5.74) is 2.54. The molecule has 0 fully saturated rings. The van der Waals surface area contributed by atoms with Crippen molar-refractivity contribution >= 4 is 31.6 Å². The van der Waals surface area contributed by atoms with Crippen molar-refractivity contribution in [3.05, 3.63) is 58.1 Å². The van der Waals surface area contributed by atoms with Crippen LogP contribution in [0.25, 0.3) is 0 Å². The molecule has 0 aliphatic heterocycles. The first-order valence-electron chi connectivity index (χ1n) is 7.56. The molecular formula is C16H18BrN5O2S. The molecule has 3 aromatic rings. The molecule has 0 spiro atoms. The Morgan fingerprint density at radius 1 is 1.20 bits per heavy atom. The Morgan fingerprint density at radius 3 is 2.48 bits per heavy atom. The third-order valence-corrected chi connectivity index (χ3v) is 6.02. The second-order valence-corrected chi connectivity index (χ2v) is 8.32. The van der Waals surface area contributed by atoms with Gasteiger partial charge in [0.05, 0.1) is 29.8 Å². The number of sulfonamides is 1. The zero-order valence-electron chi connectivity index (χ0n) is 14.1. The summed E-state index contributed by atoms with van der Waals surface area (Å²) in [4.78, 5) is 0.204. The molecule has 3 rings (SSSR count). The van der Waals surface area contributed by atoms with Crippen LogP contribution < -0.4 is 4.72 Å². The Balaban J connectivity index is 1.79. The number of nitrogens with zero attached hydrogens (tertiary/aromatic N) is 4. The van der Waals surface area contributed by atoms with Gasteiger partial charge in [-0.2, -0.15) is 10.2 Å². The smallest absolute Gasteiger partial charge is 0.265 e. The van der Waals surface area contributed by atoms with Crippen molar-refractivity contribution in [2.24, 2.45) is 7.05 Å². The minimum Gasteiger partial charge on any atom is -0.276 e. The van der Waals surface area contributed by atoms with Crippen LogP contribution in [0.5, 0.6) is 0 Å². The van der Waals surface area contributed by atoms with Crippen molar-refractivity contribution in [3.8, 4) is 0 Å². The van der Waals surface area contributed by atoms with Gasteiger partial charge >= 0.3 is 0 Å². The van der Waals surface area contributed by atoms with E-state index in [1.807, 2.05) is 24.3 Å². The fourth-order valence-corrected chi connectivity index (χ4v) is 4.36. The maximum Gasteiger partial charge on any atom is 0.265 e. The van der Waals surface area contributed by atoms with Crippen LogP contribution in [0.15, 0.2) is 46.0 Å². The summed E-state index contributed by atoms with van der Waals surface area (Å²) in [6, 6.07) is 7.88. The molecule has 2 aromatic heterocycles. The molecule has 25 heavy (non-hydrogen) atoms. The molecule has 0 saturated heterocycles. The van der Waals surface area contributed by atoms with E-state index in [0.717, 1.165) is 10.0 Å². The third-order valence-electron chi connectivity index (χ3n) is 3.85. The molecular weight excluding hydrogens is 406 g/mol. The van der Waals surface area contributed by atoms with Crippen molar-refractivity contribution in [1.82, 2.24) is 19.6 Å². The zero-order chi connectivity index (χ0) is 18.2. The van der Waals surface area contributed by atoms with Crippen LogP contribution in [0.1, 0.15) is 17.0 Å². The van der Waals surface area contributed by atoms with E-state index in [1.165, 1.54) is 6.20 Å². The molecule has 0 unspecified atom stereocenters. The van der Waals surface area contributed by atoms with Gasteiger partial charge in [0.1, 0.15) is 4.90 Å². The number of benzene rings is 1. The summed E-state index contributed by atoms with van der Waals surface area (Å²) in [6.45, 7) is 3.96. The topological polar surface area (TPSA) is 81.8 Å². The molecule has 0 radical (unpaired) electrons. The van der Waals surface area contributed by atoms with Crippen molar-refractivity contribution in [2.45, 2.75) is 25.3 Å². The van der Waals surface area contributed by atoms with Crippen LogP contribution in [-0.4, -0.2) is 28.0 Å². The first kappa shape index (κ1) is 17.7. The quantitative estimate of drug-likeness (QED) is 0.683. The van der Waals surface area contributed by atoms with Gasteiger partial charge in [0, 0.05) is 17.7 Å². The number of aromatic nitrogens is 4. The van der Waals surface area contributed by atoms with E-state index in [0.29, 0.717) is 23.6 Å². The zero-order valence-corrected chi connectivity index (χ0v) is 16.5. The number of aryl methyl sites for hydroxylation is 2. The molecule has 132 valence electrons. The Labute approximate surface area is 154 Å². The molecule has 0 amide bonds.